The largest absolute Gasteiger partial charge is 0.479 e. The van der Waals surface area contributed by atoms with Gasteiger partial charge in [-0.15, -0.1) is 11.3 Å². The van der Waals surface area contributed by atoms with E-state index >= 15 is 0 Å². The Morgan fingerprint density at radius 3 is 2.37 bits per heavy atom. The predicted octanol–water partition coefficient (Wildman–Crippen LogP) is 4.90. The number of aryl methyl sites for hydroxylation is 1. The Kier molecular flexibility index (Phi) is 4.56. The Bertz CT molecular complexity index is 1090. The van der Waals surface area contributed by atoms with Crippen molar-refractivity contribution in [3.63, 3.8) is 0 Å². The highest BCUT2D eigenvalue weighted by molar-refractivity contribution is 7.17. The number of nitrogens with zero attached hydrogens (tertiary/aromatic N) is 2. The molecule has 0 aliphatic carbocycles. The van der Waals surface area contributed by atoms with Crippen molar-refractivity contribution in [1.29, 1.82) is 0 Å². The van der Waals surface area contributed by atoms with Crippen molar-refractivity contribution in [3.8, 4) is 11.1 Å². The smallest absolute Gasteiger partial charge is 0.330 e. The molecule has 0 saturated carbocycles. The molecule has 1 atom stereocenters. The summed E-state index contributed by atoms with van der Waals surface area (Å²) in [6.07, 6.45) is 0. The van der Waals surface area contributed by atoms with Gasteiger partial charge < -0.3 is 10.4 Å². The molecule has 1 unspecified atom stereocenters. The van der Waals surface area contributed by atoms with Gasteiger partial charge in [0.2, 0.25) is 0 Å². The molecule has 2 N–H and O–H groups in total. The van der Waals surface area contributed by atoms with E-state index in [2.05, 4.69) is 15.3 Å². The highest BCUT2D eigenvalue weighted by Crippen LogP contribution is 2.38. The molecule has 2 aromatic carbocycles. The van der Waals surface area contributed by atoms with Crippen LogP contribution in [0, 0.1) is 6.92 Å². The molecule has 0 saturated heterocycles. The maximum absolute atomic E-state index is 11.9. The summed E-state index contributed by atoms with van der Waals surface area (Å²) >= 11 is 1.53. The number of carboxylic acids is 1. The Morgan fingerprint density at radius 2 is 1.70 bits per heavy atom. The molecular formula is C21H17N3O2S. The van der Waals surface area contributed by atoms with E-state index in [0.717, 1.165) is 21.3 Å². The standard InChI is InChI=1S/C21H17N3O2S/c1-13-22-19(24-18(21(25)26)15-10-6-3-7-11-15)17-16(12-27-20(17)23-13)14-8-4-2-5-9-14/h2-12,18H,1H3,(H,25,26)(H,22,23,24). The number of anilines is 1. The minimum absolute atomic E-state index is 0.536. The average molecular weight is 375 g/mol. The van der Waals surface area contributed by atoms with Crippen LogP contribution in [0.2, 0.25) is 0 Å². The third-order valence-electron chi connectivity index (χ3n) is 4.29. The zero-order valence-corrected chi connectivity index (χ0v) is 15.4. The molecule has 6 heteroatoms. The zero-order valence-electron chi connectivity index (χ0n) is 14.6. The van der Waals surface area contributed by atoms with Crippen molar-refractivity contribution in [1.82, 2.24) is 9.97 Å². The van der Waals surface area contributed by atoms with Crippen LogP contribution in [0.4, 0.5) is 5.82 Å². The Morgan fingerprint density at radius 1 is 1.04 bits per heavy atom. The van der Waals surface area contributed by atoms with Crippen LogP contribution in [-0.4, -0.2) is 21.0 Å². The topological polar surface area (TPSA) is 75.1 Å². The zero-order chi connectivity index (χ0) is 18.8. The van der Waals surface area contributed by atoms with Crippen LogP contribution in [0.1, 0.15) is 17.4 Å². The number of hydrogen-bond donors (Lipinski definition) is 2. The van der Waals surface area contributed by atoms with Crippen molar-refractivity contribution in [2.24, 2.45) is 0 Å². The van der Waals surface area contributed by atoms with Gasteiger partial charge in [0.1, 0.15) is 16.5 Å². The third kappa shape index (κ3) is 3.39. The molecule has 2 heterocycles. The normalized spacial score (nSPS) is 12.0. The lowest BCUT2D eigenvalue weighted by Gasteiger charge is -2.17. The molecule has 0 aliphatic heterocycles. The van der Waals surface area contributed by atoms with Gasteiger partial charge in [-0.3, -0.25) is 0 Å². The van der Waals surface area contributed by atoms with Gasteiger partial charge in [-0.1, -0.05) is 60.7 Å². The molecule has 0 bridgehead atoms. The van der Waals surface area contributed by atoms with Crippen LogP contribution < -0.4 is 5.32 Å². The quantitative estimate of drug-likeness (QED) is 0.519. The molecule has 0 amide bonds. The van der Waals surface area contributed by atoms with Crippen LogP contribution in [0.3, 0.4) is 0 Å². The number of aliphatic carboxylic acids is 1. The summed E-state index contributed by atoms with van der Waals surface area (Å²) in [6, 6.07) is 18.2. The van der Waals surface area contributed by atoms with Gasteiger partial charge in [0.05, 0.1) is 5.39 Å². The van der Waals surface area contributed by atoms with Crippen LogP contribution in [0.25, 0.3) is 21.3 Å². The molecule has 0 spiro atoms. The van der Waals surface area contributed by atoms with Crippen molar-refractivity contribution < 1.29 is 9.90 Å². The Balaban J connectivity index is 1.85. The SMILES string of the molecule is Cc1nc(NC(C(=O)O)c2ccccc2)c2c(-c3ccccc3)csc2n1. The molecule has 4 rings (SSSR count). The summed E-state index contributed by atoms with van der Waals surface area (Å²) in [7, 11) is 0. The molecule has 2 aromatic heterocycles. The Labute approximate surface area is 160 Å². The van der Waals surface area contributed by atoms with Crippen LogP contribution in [0.15, 0.2) is 66.0 Å². The van der Waals surface area contributed by atoms with Gasteiger partial charge in [-0.05, 0) is 18.1 Å². The number of carbonyl (C=O) groups is 1. The van der Waals surface area contributed by atoms with E-state index < -0.39 is 12.0 Å². The van der Waals surface area contributed by atoms with E-state index in [1.54, 1.807) is 12.1 Å². The van der Waals surface area contributed by atoms with E-state index in [1.807, 2.05) is 60.8 Å². The monoisotopic (exact) mass is 375 g/mol. The fourth-order valence-electron chi connectivity index (χ4n) is 3.05. The summed E-state index contributed by atoms with van der Waals surface area (Å²) in [5, 5.41) is 15.8. The van der Waals surface area contributed by atoms with E-state index in [-0.39, 0.29) is 0 Å². The lowest BCUT2D eigenvalue weighted by molar-refractivity contribution is -0.138. The second kappa shape index (κ2) is 7.17. The first-order chi connectivity index (χ1) is 13.1. The molecule has 134 valence electrons. The minimum atomic E-state index is -0.956. The van der Waals surface area contributed by atoms with E-state index in [9.17, 15) is 9.90 Å². The maximum Gasteiger partial charge on any atom is 0.330 e. The fourth-order valence-corrected chi connectivity index (χ4v) is 4.05. The van der Waals surface area contributed by atoms with E-state index in [0.29, 0.717) is 17.2 Å². The summed E-state index contributed by atoms with van der Waals surface area (Å²) in [5.41, 5.74) is 2.71. The first-order valence-corrected chi connectivity index (χ1v) is 9.37. The number of carboxylic acid groups (broad SMARTS) is 1. The number of fused-ring (bicyclic) bond motifs is 1. The van der Waals surface area contributed by atoms with E-state index in [4.69, 9.17) is 0 Å². The van der Waals surface area contributed by atoms with Gasteiger partial charge in [-0.25, -0.2) is 14.8 Å². The molecule has 0 radical (unpaired) electrons. The van der Waals surface area contributed by atoms with Gasteiger partial charge in [-0.2, -0.15) is 0 Å². The number of nitrogens with one attached hydrogen (secondary N) is 1. The first-order valence-electron chi connectivity index (χ1n) is 8.49. The van der Waals surface area contributed by atoms with Gasteiger partial charge in [0.15, 0.2) is 6.04 Å². The fraction of sp³-hybridized carbons (Fsp3) is 0.0952. The van der Waals surface area contributed by atoms with Gasteiger partial charge >= 0.3 is 5.97 Å². The summed E-state index contributed by atoms with van der Waals surface area (Å²) < 4.78 is 0. The number of thiophene rings is 1. The van der Waals surface area contributed by atoms with Gasteiger partial charge in [0.25, 0.3) is 0 Å². The highest BCUT2D eigenvalue weighted by atomic mass is 32.1. The maximum atomic E-state index is 11.9. The highest BCUT2D eigenvalue weighted by Gasteiger charge is 2.23. The van der Waals surface area contributed by atoms with Crippen LogP contribution >= 0.6 is 11.3 Å². The second-order valence-corrected chi connectivity index (χ2v) is 7.00. The second-order valence-electron chi connectivity index (χ2n) is 6.14. The average Bonchev–Trinajstić information content (AvgIpc) is 3.11. The van der Waals surface area contributed by atoms with Crippen molar-refractivity contribution >= 4 is 33.3 Å². The lowest BCUT2D eigenvalue weighted by Crippen LogP contribution is -2.21. The van der Waals surface area contributed by atoms with Crippen molar-refractivity contribution in [3.05, 3.63) is 77.4 Å². The van der Waals surface area contributed by atoms with Crippen LogP contribution in [-0.2, 0) is 4.79 Å². The van der Waals surface area contributed by atoms with Gasteiger partial charge in [0, 0.05) is 10.9 Å². The number of rotatable bonds is 5. The first kappa shape index (κ1) is 17.2. The van der Waals surface area contributed by atoms with Crippen LogP contribution in [0.5, 0.6) is 0 Å². The molecule has 27 heavy (non-hydrogen) atoms. The van der Waals surface area contributed by atoms with Crippen molar-refractivity contribution in [2.45, 2.75) is 13.0 Å². The third-order valence-corrected chi connectivity index (χ3v) is 5.16. The Hall–Kier alpha value is -3.25. The summed E-state index contributed by atoms with van der Waals surface area (Å²) in [4.78, 5) is 21.8. The molecule has 4 aromatic rings. The summed E-state index contributed by atoms with van der Waals surface area (Å²) in [5.74, 6) is 0.180. The number of aromatic nitrogens is 2. The van der Waals surface area contributed by atoms with E-state index in [1.165, 1.54) is 11.3 Å². The lowest BCUT2D eigenvalue weighted by atomic mass is 10.0. The molecule has 0 aliphatic rings. The van der Waals surface area contributed by atoms with Crippen molar-refractivity contribution in [2.75, 3.05) is 5.32 Å². The minimum Gasteiger partial charge on any atom is -0.479 e. The number of benzene rings is 2. The summed E-state index contributed by atoms with van der Waals surface area (Å²) in [6.45, 7) is 1.81. The molecular weight excluding hydrogens is 358 g/mol. The number of hydrogen-bond acceptors (Lipinski definition) is 5. The molecule has 5 nitrogen and oxygen atoms in total. The predicted molar refractivity (Wildman–Crippen MR) is 108 cm³/mol. The molecule has 0 fully saturated rings.